The van der Waals surface area contributed by atoms with Crippen LogP contribution in [0.4, 0.5) is 5.69 Å². The Bertz CT molecular complexity index is 743. The summed E-state index contributed by atoms with van der Waals surface area (Å²) in [5, 5.41) is 0. The molecule has 5 heteroatoms. The summed E-state index contributed by atoms with van der Waals surface area (Å²) in [6, 6.07) is 12.6. The molecule has 0 unspecified atom stereocenters. The topological polar surface area (TPSA) is 63.4 Å². The number of carbonyl (C=O) groups excluding carboxylic acids is 2. The zero-order chi connectivity index (χ0) is 15.0. The number of benzene rings is 2. The van der Waals surface area contributed by atoms with Crippen molar-refractivity contribution in [3.63, 3.8) is 0 Å². The summed E-state index contributed by atoms with van der Waals surface area (Å²) >= 11 is 3.40. The van der Waals surface area contributed by atoms with E-state index in [1.54, 1.807) is 18.2 Å². The van der Waals surface area contributed by atoms with Gasteiger partial charge in [0.15, 0.2) is 0 Å². The van der Waals surface area contributed by atoms with Crippen molar-refractivity contribution in [1.29, 1.82) is 0 Å². The molecule has 1 aliphatic heterocycles. The first-order chi connectivity index (χ1) is 10.1. The van der Waals surface area contributed by atoms with Gasteiger partial charge in [-0.1, -0.05) is 30.3 Å². The van der Waals surface area contributed by atoms with Gasteiger partial charge >= 0.3 is 0 Å². The highest BCUT2D eigenvalue weighted by Crippen LogP contribution is 2.27. The van der Waals surface area contributed by atoms with Crippen LogP contribution in [-0.4, -0.2) is 16.7 Å². The Morgan fingerprint density at radius 1 is 1.10 bits per heavy atom. The quantitative estimate of drug-likeness (QED) is 0.672. The van der Waals surface area contributed by atoms with Gasteiger partial charge in [-0.25, -0.2) is 0 Å². The number of carbonyl (C=O) groups is 2. The zero-order valence-corrected chi connectivity index (χ0v) is 12.8. The number of hydrogen-bond donors (Lipinski definition) is 1. The standard InChI is InChI=1S/C16H13BrN2O2/c17-15-11(5-3-7-13(15)18)9-19-14(20)8-10-4-1-2-6-12(10)16(19)21/h1-7H,8-9,18H2. The molecule has 0 saturated carbocycles. The maximum atomic E-state index is 12.5. The number of nitrogens with two attached hydrogens (primary N) is 1. The van der Waals surface area contributed by atoms with E-state index in [1.165, 1.54) is 4.90 Å². The average Bonchev–Trinajstić information content (AvgIpc) is 2.47. The highest BCUT2D eigenvalue weighted by Gasteiger charge is 2.30. The second-order valence-electron chi connectivity index (χ2n) is 4.94. The molecular formula is C16H13BrN2O2. The highest BCUT2D eigenvalue weighted by molar-refractivity contribution is 9.10. The number of hydrogen-bond acceptors (Lipinski definition) is 3. The van der Waals surface area contributed by atoms with Gasteiger partial charge < -0.3 is 5.73 Å². The minimum atomic E-state index is -0.254. The molecule has 2 amide bonds. The van der Waals surface area contributed by atoms with Crippen molar-refractivity contribution in [2.45, 2.75) is 13.0 Å². The summed E-state index contributed by atoms with van der Waals surface area (Å²) < 4.78 is 0.726. The molecule has 106 valence electrons. The van der Waals surface area contributed by atoms with Gasteiger partial charge in [0.2, 0.25) is 5.91 Å². The zero-order valence-electron chi connectivity index (χ0n) is 11.2. The number of anilines is 1. The molecule has 3 rings (SSSR count). The summed E-state index contributed by atoms with van der Waals surface area (Å²) in [5.74, 6) is -0.441. The lowest BCUT2D eigenvalue weighted by Gasteiger charge is -2.27. The third kappa shape index (κ3) is 2.45. The Morgan fingerprint density at radius 3 is 2.67 bits per heavy atom. The minimum absolute atomic E-state index is 0.187. The molecule has 0 saturated heterocycles. The fourth-order valence-electron chi connectivity index (χ4n) is 2.45. The van der Waals surface area contributed by atoms with Gasteiger partial charge in [-0.05, 0) is 39.2 Å². The molecule has 0 atom stereocenters. The van der Waals surface area contributed by atoms with E-state index >= 15 is 0 Å². The predicted octanol–water partition coefficient (Wildman–Crippen LogP) is 2.76. The Morgan fingerprint density at radius 2 is 1.86 bits per heavy atom. The van der Waals surface area contributed by atoms with Crippen LogP contribution in [0.5, 0.6) is 0 Å². The van der Waals surface area contributed by atoms with Crippen molar-refractivity contribution in [3.8, 4) is 0 Å². The van der Waals surface area contributed by atoms with Crippen molar-refractivity contribution in [1.82, 2.24) is 4.90 Å². The van der Waals surface area contributed by atoms with Gasteiger partial charge in [-0.3, -0.25) is 14.5 Å². The number of rotatable bonds is 2. The number of fused-ring (bicyclic) bond motifs is 1. The minimum Gasteiger partial charge on any atom is -0.398 e. The third-order valence-corrected chi connectivity index (χ3v) is 4.54. The molecule has 4 nitrogen and oxygen atoms in total. The molecule has 0 radical (unpaired) electrons. The number of amides is 2. The molecule has 0 spiro atoms. The molecule has 0 aromatic heterocycles. The maximum absolute atomic E-state index is 12.5. The molecule has 1 aliphatic rings. The largest absolute Gasteiger partial charge is 0.398 e. The van der Waals surface area contributed by atoms with Gasteiger partial charge in [0.1, 0.15) is 0 Å². The first-order valence-corrected chi connectivity index (χ1v) is 7.32. The lowest BCUT2D eigenvalue weighted by atomic mass is 9.98. The van der Waals surface area contributed by atoms with Gasteiger partial charge in [-0.15, -0.1) is 0 Å². The van der Waals surface area contributed by atoms with Crippen LogP contribution < -0.4 is 5.73 Å². The first-order valence-electron chi connectivity index (χ1n) is 6.53. The van der Waals surface area contributed by atoms with Crippen LogP contribution in [0.15, 0.2) is 46.9 Å². The Hall–Kier alpha value is -2.14. The van der Waals surface area contributed by atoms with Gasteiger partial charge in [0.25, 0.3) is 5.91 Å². The number of nitrogen functional groups attached to an aromatic ring is 1. The van der Waals surface area contributed by atoms with E-state index < -0.39 is 0 Å². The monoisotopic (exact) mass is 344 g/mol. The van der Waals surface area contributed by atoms with Gasteiger partial charge in [0.05, 0.1) is 13.0 Å². The Balaban J connectivity index is 1.95. The highest BCUT2D eigenvalue weighted by atomic mass is 79.9. The van der Waals surface area contributed by atoms with E-state index in [4.69, 9.17) is 5.73 Å². The SMILES string of the molecule is Nc1cccc(CN2C(=O)Cc3ccccc3C2=O)c1Br. The first kappa shape index (κ1) is 13.8. The molecule has 0 fully saturated rings. The fraction of sp³-hybridized carbons (Fsp3) is 0.125. The van der Waals surface area contributed by atoms with Gasteiger partial charge in [0, 0.05) is 15.7 Å². The Kier molecular flexibility index (Phi) is 3.51. The van der Waals surface area contributed by atoms with Crippen molar-refractivity contribution in [2.75, 3.05) is 5.73 Å². The molecular weight excluding hydrogens is 332 g/mol. The van der Waals surface area contributed by atoms with E-state index in [9.17, 15) is 9.59 Å². The van der Waals surface area contributed by atoms with Crippen LogP contribution in [0.25, 0.3) is 0 Å². The van der Waals surface area contributed by atoms with Crippen molar-refractivity contribution in [3.05, 3.63) is 63.6 Å². The second-order valence-corrected chi connectivity index (χ2v) is 5.73. The van der Waals surface area contributed by atoms with Crippen molar-refractivity contribution in [2.24, 2.45) is 0 Å². The van der Waals surface area contributed by atoms with E-state index in [2.05, 4.69) is 15.9 Å². The second kappa shape index (κ2) is 5.33. The van der Waals surface area contributed by atoms with E-state index in [0.717, 1.165) is 15.6 Å². The summed E-state index contributed by atoms with van der Waals surface area (Å²) in [6.07, 6.45) is 0.252. The maximum Gasteiger partial charge on any atom is 0.261 e. The normalized spacial score (nSPS) is 14.2. The molecule has 2 aromatic rings. The molecule has 0 bridgehead atoms. The fourth-order valence-corrected chi connectivity index (χ4v) is 2.84. The lowest BCUT2D eigenvalue weighted by molar-refractivity contribution is -0.128. The van der Waals surface area contributed by atoms with Crippen LogP contribution in [0.1, 0.15) is 21.5 Å². The molecule has 2 aromatic carbocycles. The lowest BCUT2D eigenvalue weighted by Crippen LogP contribution is -2.41. The summed E-state index contributed by atoms with van der Waals surface area (Å²) in [5.41, 5.74) is 8.62. The van der Waals surface area contributed by atoms with E-state index in [-0.39, 0.29) is 24.8 Å². The summed E-state index contributed by atoms with van der Waals surface area (Å²) in [6.45, 7) is 0.220. The van der Waals surface area contributed by atoms with E-state index in [0.29, 0.717) is 11.3 Å². The summed E-state index contributed by atoms with van der Waals surface area (Å²) in [7, 11) is 0. The number of halogens is 1. The van der Waals surface area contributed by atoms with Crippen LogP contribution >= 0.6 is 15.9 Å². The van der Waals surface area contributed by atoms with E-state index in [1.807, 2.05) is 24.3 Å². The van der Waals surface area contributed by atoms with Crippen LogP contribution in [0.2, 0.25) is 0 Å². The number of imide groups is 1. The smallest absolute Gasteiger partial charge is 0.261 e. The molecule has 0 aliphatic carbocycles. The van der Waals surface area contributed by atoms with Gasteiger partial charge in [-0.2, -0.15) is 0 Å². The van der Waals surface area contributed by atoms with Crippen molar-refractivity contribution < 1.29 is 9.59 Å². The molecule has 2 N–H and O–H groups in total. The average molecular weight is 345 g/mol. The molecule has 1 heterocycles. The third-order valence-electron chi connectivity index (χ3n) is 3.57. The number of nitrogens with zero attached hydrogens (tertiary/aromatic N) is 1. The predicted molar refractivity (Wildman–Crippen MR) is 83.6 cm³/mol. The summed E-state index contributed by atoms with van der Waals surface area (Å²) in [4.78, 5) is 26.0. The van der Waals surface area contributed by atoms with Crippen LogP contribution in [-0.2, 0) is 17.8 Å². The van der Waals surface area contributed by atoms with Crippen LogP contribution in [0, 0.1) is 0 Å². The van der Waals surface area contributed by atoms with Crippen LogP contribution in [0.3, 0.4) is 0 Å². The Labute approximate surface area is 130 Å². The molecule has 21 heavy (non-hydrogen) atoms. The van der Waals surface area contributed by atoms with Crippen molar-refractivity contribution >= 4 is 33.4 Å².